The quantitative estimate of drug-likeness (QED) is 0.694. The Morgan fingerprint density at radius 2 is 1.62 bits per heavy atom. The van der Waals surface area contributed by atoms with Crippen molar-refractivity contribution in [3.8, 4) is 0 Å². The van der Waals surface area contributed by atoms with Crippen molar-refractivity contribution in [2.45, 2.75) is 19.9 Å². The molecule has 1 fully saturated rings. The van der Waals surface area contributed by atoms with Crippen LogP contribution in [0.4, 0.5) is 10.5 Å². The van der Waals surface area contributed by atoms with Crippen LogP contribution in [-0.2, 0) is 9.53 Å². The lowest BCUT2D eigenvalue weighted by atomic mass is 10.1. The standard InChI is InChI=1S/C24H30N4O4/c1-3-32-24(31)28-15-13-27(14-16-28)17-22(29)26-21-12-8-7-11-20(21)23(30)25-18(2)19-9-5-4-6-10-19/h4-12,18H,3,13-17H2,1-2H3,(H,25,30)(H,26,29). The second-order valence-corrected chi connectivity index (χ2v) is 7.66. The second kappa shape index (κ2) is 11.3. The van der Waals surface area contributed by atoms with Crippen LogP contribution in [0.15, 0.2) is 54.6 Å². The maximum atomic E-state index is 12.9. The van der Waals surface area contributed by atoms with Gasteiger partial charge in [0.25, 0.3) is 5.91 Å². The Morgan fingerprint density at radius 3 is 2.31 bits per heavy atom. The molecule has 0 spiro atoms. The number of benzene rings is 2. The number of carbonyl (C=O) groups excluding carboxylic acids is 3. The highest BCUT2D eigenvalue weighted by atomic mass is 16.6. The molecule has 2 aromatic carbocycles. The first-order chi connectivity index (χ1) is 15.5. The molecule has 3 rings (SSSR count). The molecule has 2 aromatic rings. The largest absolute Gasteiger partial charge is 0.450 e. The van der Waals surface area contributed by atoms with Crippen LogP contribution in [0, 0.1) is 0 Å². The molecule has 1 aliphatic heterocycles. The first-order valence-corrected chi connectivity index (χ1v) is 10.9. The average molecular weight is 439 g/mol. The Hall–Kier alpha value is -3.39. The van der Waals surface area contributed by atoms with Gasteiger partial charge in [-0.2, -0.15) is 0 Å². The smallest absolute Gasteiger partial charge is 0.409 e. The summed E-state index contributed by atoms with van der Waals surface area (Å²) in [6.45, 7) is 6.44. The van der Waals surface area contributed by atoms with Crippen LogP contribution in [0.25, 0.3) is 0 Å². The first kappa shape index (κ1) is 23.3. The van der Waals surface area contributed by atoms with Crippen molar-refractivity contribution in [1.82, 2.24) is 15.1 Å². The summed E-state index contributed by atoms with van der Waals surface area (Å²) in [5, 5.41) is 5.84. The number of nitrogens with zero attached hydrogens (tertiary/aromatic N) is 2. The summed E-state index contributed by atoms with van der Waals surface area (Å²) in [5.74, 6) is -0.453. The minimum atomic E-state index is -0.318. The minimum absolute atomic E-state index is 0.164. The van der Waals surface area contributed by atoms with E-state index in [1.165, 1.54) is 0 Å². The normalized spacial score (nSPS) is 15.0. The van der Waals surface area contributed by atoms with E-state index in [2.05, 4.69) is 10.6 Å². The van der Waals surface area contributed by atoms with Crippen LogP contribution < -0.4 is 10.6 Å². The molecular weight excluding hydrogens is 408 g/mol. The van der Waals surface area contributed by atoms with Gasteiger partial charge in [0.1, 0.15) is 0 Å². The molecule has 1 saturated heterocycles. The highest BCUT2D eigenvalue weighted by molar-refractivity contribution is 6.04. The van der Waals surface area contributed by atoms with E-state index in [1.54, 1.807) is 36.1 Å². The van der Waals surface area contributed by atoms with Crippen LogP contribution in [-0.4, -0.2) is 67.0 Å². The third-order valence-corrected chi connectivity index (χ3v) is 5.36. The zero-order chi connectivity index (χ0) is 22.9. The third-order valence-electron chi connectivity index (χ3n) is 5.36. The van der Waals surface area contributed by atoms with Crippen LogP contribution >= 0.6 is 0 Å². The summed E-state index contributed by atoms with van der Waals surface area (Å²) < 4.78 is 5.02. The van der Waals surface area contributed by atoms with Gasteiger partial charge >= 0.3 is 6.09 Å². The van der Waals surface area contributed by atoms with Gasteiger partial charge in [0.2, 0.25) is 5.91 Å². The number of para-hydroxylation sites is 1. The van der Waals surface area contributed by atoms with Gasteiger partial charge < -0.3 is 20.3 Å². The molecule has 2 N–H and O–H groups in total. The number of nitrogens with one attached hydrogen (secondary N) is 2. The van der Waals surface area contributed by atoms with Crippen molar-refractivity contribution in [3.63, 3.8) is 0 Å². The molecule has 3 amide bonds. The van der Waals surface area contributed by atoms with Crippen LogP contribution in [0.5, 0.6) is 0 Å². The molecule has 0 bridgehead atoms. The fourth-order valence-electron chi connectivity index (χ4n) is 3.59. The van der Waals surface area contributed by atoms with Crippen molar-refractivity contribution >= 4 is 23.6 Å². The van der Waals surface area contributed by atoms with Gasteiger partial charge in [-0.3, -0.25) is 14.5 Å². The lowest BCUT2D eigenvalue weighted by Gasteiger charge is -2.33. The van der Waals surface area contributed by atoms with E-state index in [0.717, 1.165) is 5.56 Å². The van der Waals surface area contributed by atoms with E-state index < -0.39 is 0 Å². The zero-order valence-corrected chi connectivity index (χ0v) is 18.5. The monoisotopic (exact) mass is 438 g/mol. The lowest BCUT2D eigenvalue weighted by Crippen LogP contribution is -2.50. The summed E-state index contributed by atoms with van der Waals surface area (Å²) in [6.07, 6.45) is -0.318. The molecule has 1 atom stereocenters. The van der Waals surface area contributed by atoms with E-state index in [9.17, 15) is 14.4 Å². The van der Waals surface area contributed by atoms with Crippen molar-refractivity contribution in [2.24, 2.45) is 0 Å². The Morgan fingerprint density at radius 1 is 0.969 bits per heavy atom. The van der Waals surface area contributed by atoms with Crippen LogP contribution in [0.3, 0.4) is 0 Å². The van der Waals surface area contributed by atoms with Gasteiger partial charge in [-0.15, -0.1) is 0 Å². The van der Waals surface area contributed by atoms with Gasteiger partial charge in [0.15, 0.2) is 0 Å². The van der Waals surface area contributed by atoms with Crippen LogP contribution in [0.2, 0.25) is 0 Å². The summed E-state index contributed by atoms with van der Waals surface area (Å²) in [6, 6.07) is 16.5. The number of ether oxygens (including phenoxy) is 1. The average Bonchev–Trinajstić information content (AvgIpc) is 2.80. The predicted molar refractivity (Wildman–Crippen MR) is 122 cm³/mol. The molecule has 0 aliphatic carbocycles. The molecule has 1 heterocycles. The Labute approximate surface area is 188 Å². The SMILES string of the molecule is CCOC(=O)N1CCN(CC(=O)Nc2ccccc2C(=O)NC(C)c2ccccc2)CC1. The maximum absolute atomic E-state index is 12.9. The predicted octanol–water partition coefficient (Wildman–Crippen LogP) is 2.89. The Bertz CT molecular complexity index is 927. The van der Waals surface area contributed by atoms with Crippen molar-refractivity contribution in [3.05, 3.63) is 65.7 Å². The molecule has 1 aliphatic rings. The number of amides is 3. The third kappa shape index (κ3) is 6.31. The molecule has 32 heavy (non-hydrogen) atoms. The molecule has 170 valence electrons. The molecule has 0 saturated carbocycles. The molecular formula is C24H30N4O4. The summed E-state index contributed by atoms with van der Waals surface area (Å²) in [4.78, 5) is 40.9. The minimum Gasteiger partial charge on any atom is -0.450 e. The molecule has 1 unspecified atom stereocenters. The number of carbonyl (C=O) groups is 3. The molecule has 8 nitrogen and oxygen atoms in total. The van der Waals surface area contributed by atoms with Gasteiger partial charge in [-0.05, 0) is 31.5 Å². The fourth-order valence-corrected chi connectivity index (χ4v) is 3.59. The Kier molecular flexibility index (Phi) is 8.21. The number of rotatable bonds is 7. The van der Waals surface area contributed by atoms with E-state index >= 15 is 0 Å². The van der Waals surface area contributed by atoms with Crippen molar-refractivity contribution in [1.29, 1.82) is 0 Å². The number of hydrogen-bond acceptors (Lipinski definition) is 5. The van der Waals surface area contributed by atoms with E-state index in [-0.39, 0.29) is 30.5 Å². The topological polar surface area (TPSA) is 91.0 Å². The van der Waals surface area contributed by atoms with Crippen LogP contribution in [0.1, 0.15) is 35.8 Å². The van der Waals surface area contributed by atoms with Crippen molar-refractivity contribution in [2.75, 3.05) is 44.6 Å². The number of anilines is 1. The van der Waals surface area contributed by atoms with Gasteiger partial charge in [-0.25, -0.2) is 4.79 Å². The van der Waals surface area contributed by atoms with E-state index in [0.29, 0.717) is 44.0 Å². The summed E-state index contributed by atoms with van der Waals surface area (Å²) in [7, 11) is 0. The zero-order valence-electron chi connectivity index (χ0n) is 18.5. The first-order valence-electron chi connectivity index (χ1n) is 10.9. The van der Waals surface area contributed by atoms with Gasteiger partial charge in [0, 0.05) is 26.2 Å². The van der Waals surface area contributed by atoms with Crippen molar-refractivity contribution < 1.29 is 19.1 Å². The molecule has 0 radical (unpaired) electrons. The molecule has 0 aromatic heterocycles. The number of hydrogen-bond donors (Lipinski definition) is 2. The second-order valence-electron chi connectivity index (χ2n) is 7.66. The highest BCUT2D eigenvalue weighted by Crippen LogP contribution is 2.18. The molecule has 8 heteroatoms. The summed E-state index contributed by atoms with van der Waals surface area (Å²) in [5.41, 5.74) is 1.89. The van der Waals surface area contributed by atoms with Gasteiger partial charge in [0.05, 0.1) is 30.4 Å². The number of piperazine rings is 1. The van der Waals surface area contributed by atoms with E-state index in [1.807, 2.05) is 42.2 Å². The highest BCUT2D eigenvalue weighted by Gasteiger charge is 2.23. The summed E-state index contributed by atoms with van der Waals surface area (Å²) >= 11 is 0. The maximum Gasteiger partial charge on any atom is 0.409 e. The lowest BCUT2D eigenvalue weighted by molar-refractivity contribution is -0.117. The van der Waals surface area contributed by atoms with E-state index in [4.69, 9.17) is 4.74 Å². The Balaban J connectivity index is 1.55. The fraction of sp³-hybridized carbons (Fsp3) is 0.375. The van der Waals surface area contributed by atoms with Gasteiger partial charge in [-0.1, -0.05) is 42.5 Å².